The Morgan fingerprint density at radius 3 is 2.56 bits per heavy atom. The lowest BCUT2D eigenvalue weighted by Gasteiger charge is -2.35. The van der Waals surface area contributed by atoms with E-state index >= 15 is 0 Å². The Morgan fingerprint density at radius 1 is 1.15 bits per heavy atom. The number of aryl methyl sites for hydroxylation is 1. The van der Waals surface area contributed by atoms with Gasteiger partial charge in [-0.1, -0.05) is 18.2 Å². The van der Waals surface area contributed by atoms with Gasteiger partial charge >= 0.3 is 5.69 Å². The van der Waals surface area contributed by atoms with Gasteiger partial charge in [0.25, 0.3) is 0 Å². The first kappa shape index (κ1) is 18.4. The highest BCUT2D eigenvalue weighted by Crippen LogP contribution is 2.28. The second kappa shape index (κ2) is 7.58. The van der Waals surface area contributed by atoms with Gasteiger partial charge in [0, 0.05) is 44.1 Å². The molecule has 0 radical (unpaired) electrons. The Labute approximate surface area is 160 Å². The summed E-state index contributed by atoms with van der Waals surface area (Å²) in [5.74, 6) is 1.76. The Bertz CT molecular complexity index is 819. The minimum atomic E-state index is -0.0697. The van der Waals surface area contributed by atoms with E-state index in [-0.39, 0.29) is 11.6 Å². The van der Waals surface area contributed by atoms with E-state index in [4.69, 9.17) is 0 Å². The van der Waals surface area contributed by atoms with Gasteiger partial charge in [0.05, 0.1) is 5.69 Å². The summed E-state index contributed by atoms with van der Waals surface area (Å²) in [5, 5.41) is 4.62. The van der Waals surface area contributed by atoms with E-state index in [0.717, 1.165) is 44.0 Å². The first-order valence-corrected chi connectivity index (χ1v) is 9.99. The first-order valence-electron chi connectivity index (χ1n) is 9.99. The average Bonchev–Trinajstić information content (AvgIpc) is 3.16. The van der Waals surface area contributed by atoms with E-state index in [9.17, 15) is 4.79 Å². The van der Waals surface area contributed by atoms with Crippen LogP contribution in [0.1, 0.15) is 38.4 Å². The molecule has 0 spiro atoms. The fourth-order valence-electron chi connectivity index (χ4n) is 4.52. The van der Waals surface area contributed by atoms with Crippen molar-refractivity contribution in [1.82, 2.24) is 30.1 Å². The molecule has 0 amide bonds. The van der Waals surface area contributed by atoms with Crippen molar-refractivity contribution in [2.24, 2.45) is 13.0 Å². The lowest BCUT2D eigenvalue weighted by molar-refractivity contribution is 0.166. The predicted octanol–water partition coefficient (Wildman–Crippen LogP) is 1.25. The molecule has 3 unspecified atom stereocenters. The number of nitrogens with zero attached hydrogens (tertiary/aromatic N) is 4. The Morgan fingerprint density at radius 2 is 1.85 bits per heavy atom. The molecular weight excluding hydrogens is 340 g/mol. The quantitative estimate of drug-likeness (QED) is 0.848. The fourth-order valence-corrected chi connectivity index (χ4v) is 4.52. The van der Waals surface area contributed by atoms with Crippen LogP contribution >= 0.6 is 0 Å². The Kier molecular flexibility index (Phi) is 5.16. The number of hydrogen-bond acceptors (Lipinski definition) is 5. The van der Waals surface area contributed by atoms with Crippen LogP contribution in [0.5, 0.6) is 0 Å². The molecule has 0 saturated carbocycles. The zero-order valence-electron chi connectivity index (χ0n) is 16.4. The molecule has 3 atom stereocenters. The molecule has 1 aromatic heterocycles. The summed E-state index contributed by atoms with van der Waals surface area (Å²) < 4.78 is 3.26. The molecule has 0 aliphatic carbocycles. The lowest BCUT2D eigenvalue weighted by atomic mass is 9.92. The fraction of sp³-hybridized carbons (Fsp3) is 0.600. The number of hydrogen-bond donors (Lipinski definition) is 2. The molecule has 7 heteroatoms. The van der Waals surface area contributed by atoms with Crippen LogP contribution in [0.3, 0.4) is 0 Å². The molecule has 2 saturated heterocycles. The molecule has 0 bridgehead atoms. The number of para-hydroxylation sites is 1. The molecule has 1 aromatic carbocycles. The van der Waals surface area contributed by atoms with Crippen LogP contribution in [-0.2, 0) is 7.05 Å². The van der Waals surface area contributed by atoms with Crippen molar-refractivity contribution in [2.45, 2.75) is 44.7 Å². The van der Waals surface area contributed by atoms with Crippen molar-refractivity contribution in [3.63, 3.8) is 0 Å². The SMILES string of the molecule is CC1NNC(C)C1CN1CCCC(c2nn(C)c(=O)n2-c2ccccc2)C1. The van der Waals surface area contributed by atoms with Crippen LogP contribution in [0, 0.1) is 5.92 Å². The number of nitrogens with one attached hydrogen (secondary N) is 2. The van der Waals surface area contributed by atoms with Gasteiger partial charge in [0.1, 0.15) is 5.82 Å². The molecule has 7 nitrogen and oxygen atoms in total. The summed E-state index contributed by atoms with van der Waals surface area (Å²) in [7, 11) is 1.74. The van der Waals surface area contributed by atoms with Gasteiger partial charge in [-0.2, -0.15) is 5.10 Å². The first-order chi connectivity index (χ1) is 13.0. The van der Waals surface area contributed by atoms with Crippen molar-refractivity contribution < 1.29 is 0 Å². The van der Waals surface area contributed by atoms with E-state index < -0.39 is 0 Å². The topological polar surface area (TPSA) is 67.1 Å². The largest absolute Gasteiger partial charge is 0.350 e. The van der Waals surface area contributed by atoms with Gasteiger partial charge in [0.2, 0.25) is 0 Å². The molecule has 2 aliphatic rings. The third-order valence-corrected chi connectivity index (χ3v) is 6.13. The van der Waals surface area contributed by atoms with Gasteiger partial charge in [-0.15, -0.1) is 0 Å². The Balaban J connectivity index is 1.57. The number of rotatable bonds is 4. The van der Waals surface area contributed by atoms with E-state index in [2.05, 4.69) is 34.7 Å². The van der Waals surface area contributed by atoms with Crippen molar-refractivity contribution in [3.05, 3.63) is 46.6 Å². The van der Waals surface area contributed by atoms with E-state index in [1.165, 1.54) is 4.68 Å². The van der Waals surface area contributed by atoms with Crippen LogP contribution in [0.25, 0.3) is 5.69 Å². The van der Waals surface area contributed by atoms with Crippen molar-refractivity contribution >= 4 is 0 Å². The van der Waals surface area contributed by atoms with Gasteiger partial charge in [-0.05, 0) is 45.4 Å². The number of likely N-dealkylation sites (tertiary alicyclic amines) is 1. The molecule has 2 aliphatic heterocycles. The van der Waals surface area contributed by atoms with Crippen molar-refractivity contribution in [2.75, 3.05) is 19.6 Å². The van der Waals surface area contributed by atoms with Crippen LogP contribution in [0.2, 0.25) is 0 Å². The van der Waals surface area contributed by atoms with Gasteiger partial charge in [-0.3, -0.25) is 10.9 Å². The minimum Gasteiger partial charge on any atom is -0.302 e. The monoisotopic (exact) mass is 370 g/mol. The molecule has 2 fully saturated rings. The Hall–Kier alpha value is -1.96. The van der Waals surface area contributed by atoms with Gasteiger partial charge < -0.3 is 4.90 Å². The third-order valence-electron chi connectivity index (χ3n) is 6.13. The maximum atomic E-state index is 12.7. The number of benzene rings is 1. The highest BCUT2D eigenvalue weighted by atomic mass is 16.2. The second-order valence-corrected chi connectivity index (χ2v) is 8.06. The van der Waals surface area contributed by atoms with Crippen LogP contribution in [0.15, 0.2) is 35.1 Å². The molecule has 2 N–H and O–H groups in total. The summed E-state index contributed by atoms with van der Waals surface area (Å²) in [6.45, 7) is 7.64. The highest BCUT2D eigenvalue weighted by molar-refractivity contribution is 5.33. The second-order valence-electron chi connectivity index (χ2n) is 8.06. The molecular formula is C20H30N6O. The maximum absolute atomic E-state index is 12.7. The molecule has 146 valence electrons. The molecule has 3 heterocycles. The zero-order valence-corrected chi connectivity index (χ0v) is 16.4. The standard InChI is InChI=1S/C20H30N6O/c1-14-18(15(2)22-21-14)13-25-11-7-8-16(12-25)19-23-24(3)20(27)26(19)17-9-5-4-6-10-17/h4-6,9-10,14-16,18,21-22H,7-8,11-13H2,1-3H3. The van der Waals surface area contributed by atoms with Crippen molar-refractivity contribution in [1.29, 1.82) is 0 Å². The van der Waals surface area contributed by atoms with E-state index in [1.807, 2.05) is 30.3 Å². The minimum absolute atomic E-state index is 0.0697. The normalized spacial score (nSPS) is 29.3. The molecule has 27 heavy (non-hydrogen) atoms. The summed E-state index contributed by atoms with van der Waals surface area (Å²) >= 11 is 0. The third kappa shape index (κ3) is 3.59. The number of aromatic nitrogens is 3. The van der Waals surface area contributed by atoms with Gasteiger partial charge in [0.15, 0.2) is 0 Å². The zero-order chi connectivity index (χ0) is 19.0. The predicted molar refractivity (Wildman–Crippen MR) is 106 cm³/mol. The summed E-state index contributed by atoms with van der Waals surface area (Å²) in [6.07, 6.45) is 2.21. The highest BCUT2D eigenvalue weighted by Gasteiger charge is 2.34. The van der Waals surface area contributed by atoms with Crippen LogP contribution in [0.4, 0.5) is 0 Å². The van der Waals surface area contributed by atoms with E-state index in [0.29, 0.717) is 18.0 Å². The molecule has 4 rings (SSSR count). The smallest absolute Gasteiger partial charge is 0.302 e. The lowest BCUT2D eigenvalue weighted by Crippen LogP contribution is -2.42. The maximum Gasteiger partial charge on any atom is 0.350 e. The van der Waals surface area contributed by atoms with Crippen LogP contribution < -0.4 is 16.5 Å². The average molecular weight is 371 g/mol. The molecule has 2 aromatic rings. The summed E-state index contributed by atoms with van der Waals surface area (Å²) in [4.78, 5) is 15.3. The summed E-state index contributed by atoms with van der Waals surface area (Å²) in [5.41, 5.74) is 7.54. The number of piperidine rings is 1. The number of hydrazine groups is 1. The van der Waals surface area contributed by atoms with Crippen LogP contribution in [-0.4, -0.2) is 51.0 Å². The van der Waals surface area contributed by atoms with Crippen molar-refractivity contribution in [3.8, 4) is 5.69 Å². The van der Waals surface area contributed by atoms with Gasteiger partial charge in [-0.25, -0.2) is 14.0 Å². The summed E-state index contributed by atoms with van der Waals surface area (Å²) in [6, 6.07) is 10.8. The van der Waals surface area contributed by atoms with E-state index in [1.54, 1.807) is 11.6 Å².